The molecule has 1 amide bonds. The molecule has 1 aliphatic heterocycles. The summed E-state index contributed by atoms with van der Waals surface area (Å²) in [5.41, 5.74) is 5.81. The topological polar surface area (TPSA) is 62.1 Å². The van der Waals surface area contributed by atoms with E-state index in [-0.39, 0.29) is 18.6 Å². The van der Waals surface area contributed by atoms with Crippen molar-refractivity contribution in [2.75, 3.05) is 20.3 Å². The van der Waals surface area contributed by atoms with Crippen LogP contribution in [0.4, 0.5) is 0 Å². The predicted molar refractivity (Wildman–Crippen MR) is 102 cm³/mol. The van der Waals surface area contributed by atoms with Crippen molar-refractivity contribution in [3.8, 4) is 11.1 Å². The minimum absolute atomic E-state index is 0.0841. The Labute approximate surface area is 153 Å². The van der Waals surface area contributed by atoms with Gasteiger partial charge in [0, 0.05) is 12.0 Å². The van der Waals surface area contributed by atoms with Crippen molar-refractivity contribution in [1.82, 2.24) is 4.90 Å². The van der Waals surface area contributed by atoms with Gasteiger partial charge < -0.3 is 14.8 Å². The van der Waals surface area contributed by atoms with E-state index in [1.165, 1.54) is 18.2 Å². The molecule has 1 N–H and O–H groups in total. The summed E-state index contributed by atoms with van der Waals surface area (Å²) in [4.78, 5) is 19.5. The maximum absolute atomic E-state index is 13.0. The van der Waals surface area contributed by atoms with Crippen LogP contribution in [0.1, 0.15) is 27.9 Å². The summed E-state index contributed by atoms with van der Waals surface area (Å²) < 4.78 is 0. The van der Waals surface area contributed by atoms with E-state index in [2.05, 4.69) is 24.2 Å². The average molecular weight is 352 g/mol. The Bertz CT molecular complexity index is 845. The molecule has 0 bridgehead atoms. The number of carbonyl (C=O) groups excluding carboxylic acids is 1. The molecular formula is C21H24N2O3. The molecule has 1 unspecified atom stereocenters. The second-order valence-corrected chi connectivity index (χ2v) is 6.66. The lowest BCUT2D eigenvalue weighted by atomic mass is 9.96. The van der Waals surface area contributed by atoms with E-state index < -0.39 is 0 Å². The van der Waals surface area contributed by atoms with Crippen molar-refractivity contribution in [2.45, 2.75) is 26.3 Å². The Hall–Kier alpha value is -2.66. The van der Waals surface area contributed by atoms with Crippen LogP contribution in [0.15, 0.2) is 47.6 Å². The van der Waals surface area contributed by atoms with Crippen molar-refractivity contribution < 1.29 is 14.7 Å². The molecular weight excluding hydrogens is 328 g/mol. The number of amides is 1. The molecule has 1 saturated heterocycles. The van der Waals surface area contributed by atoms with Crippen molar-refractivity contribution in [3.05, 3.63) is 59.2 Å². The molecule has 2 aromatic rings. The third kappa shape index (κ3) is 3.48. The molecule has 0 spiro atoms. The van der Waals surface area contributed by atoms with Gasteiger partial charge in [0.2, 0.25) is 0 Å². The van der Waals surface area contributed by atoms with Gasteiger partial charge in [-0.05, 0) is 42.2 Å². The van der Waals surface area contributed by atoms with Crippen LogP contribution in [0.25, 0.3) is 11.1 Å². The summed E-state index contributed by atoms with van der Waals surface area (Å²) >= 11 is 0. The van der Waals surface area contributed by atoms with Gasteiger partial charge in [0.25, 0.3) is 5.91 Å². The van der Waals surface area contributed by atoms with E-state index in [4.69, 9.17) is 4.84 Å². The summed E-state index contributed by atoms with van der Waals surface area (Å²) in [6, 6.07) is 13.8. The number of nitrogens with zero attached hydrogens (tertiary/aromatic N) is 2. The molecule has 0 saturated carbocycles. The zero-order valence-electron chi connectivity index (χ0n) is 15.4. The molecule has 0 radical (unpaired) electrons. The first-order valence-electron chi connectivity index (χ1n) is 8.72. The molecule has 3 rings (SSSR count). The molecule has 2 aromatic carbocycles. The van der Waals surface area contributed by atoms with E-state index in [1.54, 1.807) is 4.90 Å². The maximum Gasteiger partial charge on any atom is 0.254 e. The highest BCUT2D eigenvalue weighted by Crippen LogP contribution is 2.27. The van der Waals surface area contributed by atoms with Crippen LogP contribution in [0, 0.1) is 13.8 Å². The van der Waals surface area contributed by atoms with Gasteiger partial charge in [-0.15, -0.1) is 0 Å². The first kappa shape index (κ1) is 18.1. The summed E-state index contributed by atoms with van der Waals surface area (Å²) in [6.45, 7) is 4.32. The smallest absolute Gasteiger partial charge is 0.254 e. The molecule has 5 nitrogen and oxygen atoms in total. The van der Waals surface area contributed by atoms with E-state index >= 15 is 0 Å². The SMILES string of the molecule is CON=C1CC(CO)N(C(=O)c2ccc(-c3ccccc3C)cc2C)C1. The number of likely N-dealkylation sites (tertiary alicyclic amines) is 1. The lowest BCUT2D eigenvalue weighted by Crippen LogP contribution is -2.38. The van der Waals surface area contributed by atoms with Crippen LogP contribution in [-0.4, -0.2) is 47.9 Å². The standard InChI is InChI=1S/C21H24N2O3/c1-14-6-4-5-7-19(14)16-8-9-20(15(2)10-16)21(25)23-12-17(22-26-3)11-18(23)13-24/h4-10,18,24H,11-13H2,1-3H3. The van der Waals surface area contributed by atoms with Crippen LogP contribution in [0.3, 0.4) is 0 Å². The highest BCUT2D eigenvalue weighted by Gasteiger charge is 2.33. The molecule has 1 heterocycles. The fourth-order valence-corrected chi connectivity index (χ4v) is 3.49. The first-order chi connectivity index (χ1) is 12.5. The highest BCUT2D eigenvalue weighted by molar-refractivity contribution is 6.01. The molecule has 0 aliphatic carbocycles. The van der Waals surface area contributed by atoms with E-state index in [1.807, 2.05) is 37.3 Å². The van der Waals surface area contributed by atoms with Crippen LogP contribution in [-0.2, 0) is 4.84 Å². The van der Waals surface area contributed by atoms with Gasteiger partial charge in [0.1, 0.15) is 7.11 Å². The van der Waals surface area contributed by atoms with Gasteiger partial charge in [-0.1, -0.05) is 41.6 Å². The van der Waals surface area contributed by atoms with Gasteiger partial charge in [-0.2, -0.15) is 0 Å². The molecule has 1 fully saturated rings. The Morgan fingerprint density at radius 3 is 2.65 bits per heavy atom. The highest BCUT2D eigenvalue weighted by atomic mass is 16.6. The number of hydrogen-bond donors (Lipinski definition) is 1. The van der Waals surface area contributed by atoms with Crippen LogP contribution in [0.2, 0.25) is 0 Å². The summed E-state index contributed by atoms with van der Waals surface area (Å²) in [6.07, 6.45) is 0.538. The number of aliphatic hydroxyl groups excluding tert-OH is 1. The molecule has 5 heteroatoms. The fourth-order valence-electron chi connectivity index (χ4n) is 3.49. The Kier molecular flexibility index (Phi) is 5.38. The fraction of sp³-hybridized carbons (Fsp3) is 0.333. The number of carbonyl (C=O) groups is 1. The van der Waals surface area contributed by atoms with Gasteiger partial charge in [0.15, 0.2) is 0 Å². The minimum atomic E-state index is -0.258. The second kappa shape index (κ2) is 7.70. The molecule has 1 atom stereocenters. The van der Waals surface area contributed by atoms with Gasteiger partial charge >= 0.3 is 0 Å². The lowest BCUT2D eigenvalue weighted by Gasteiger charge is -2.23. The largest absolute Gasteiger partial charge is 0.399 e. The van der Waals surface area contributed by atoms with Crippen molar-refractivity contribution in [3.63, 3.8) is 0 Å². The summed E-state index contributed by atoms with van der Waals surface area (Å²) in [7, 11) is 1.49. The van der Waals surface area contributed by atoms with E-state index in [0.29, 0.717) is 18.5 Å². The summed E-state index contributed by atoms with van der Waals surface area (Å²) in [5, 5.41) is 13.6. The zero-order chi connectivity index (χ0) is 18.7. The number of benzene rings is 2. The number of aliphatic hydroxyl groups is 1. The zero-order valence-corrected chi connectivity index (χ0v) is 15.4. The van der Waals surface area contributed by atoms with Crippen molar-refractivity contribution in [1.29, 1.82) is 0 Å². The number of rotatable bonds is 4. The normalized spacial score (nSPS) is 18.4. The van der Waals surface area contributed by atoms with Gasteiger partial charge in [-0.25, -0.2) is 0 Å². The van der Waals surface area contributed by atoms with Crippen LogP contribution >= 0.6 is 0 Å². The predicted octanol–water partition coefficient (Wildman–Crippen LogP) is 3.18. The minimum Gasteiger partial charge on any atom is -0.399 e. The van der Waals surface area contributed by atoms with Crippen molar-refractivity contribution >= 4 is 11.6 Å². The Morgan fingerprint density at radius 2 is 2.00 bits per heavy atom. The first-order valence-corrected chi connectivity index (χ1v) is 8.72. The Balaban J connectivity index is 1.89. The van der Waals surface area contributed by atoms with Gasteiger partial charge in [0.05, 0.1) is 24.9 Å². The maximum atomic E-state index is 13.0. The number of aryl methyl sites for hydroxylation is 2. The van der Waals surface area contributed by atoms with E-state index in [9.17, 15) is 9.90 Å². The van der Waals surface area contributed by atoms with Crippen LogP contribution in [0.5, 0.6) is 0 Å². The van der Waals surface area contributed by atoms with E-state index in [0.717, 1.165) is 16.8 Å². The second-order valence-electron chi connectivity index (χ2n) is 6.66. The third-order valence-electron chi connectivity index (χ3n) is 4.87. The molecule has 26 heavy (non-hydrogen) atoms. The van der Waals surface area contributed by atoms with Gasteiger partial charge in [-0.3, -0.25) is 4.79 Å². The third-order valence-corrected chi connectivity index (χ3v) is 4.87. The summed E-state index contributed by atoms with van der Waals surface area (Å²) in [5.74, 6) is -0.0841. The Morgan fingerprint density at radius 1 is 1.23 bits per heavy atom. The van der Waals surface area contributed by atoms with Crippen LogP contribution < -0.4 is 0 Å². The average Bonchev–Trinajstić information content (AvgIpc) is 3.05. The number of hydrogen-bond acceptors (Lipinski definition) is 4. The molecule has 136 valence electrons. The van der Waals surface area contributed by atoms with Crippen molar-refractivity contribution in [2.24, 2.45) is 5.16 Å². The quantitative estimate of drug-likeness (QED) is 0.860. The molecule has 0 aromatic heterocycles. The lowest BCUT2D eigenvalue weighted by molar-refractivity contribution is 0.0679. The number of oxime groups is 1. The monoisotopic (exact) mass is 352 g/mol. The molecule has 1 aliphatic rings.